The van der Waals surface area contributed by atoms with Crippen LogP contribution < -0.4 is 18.9 Å². The number of nitrogens with zero attached hydrogens (tertiary/aromatic N) is 1. The lowest BCUT2D eigenvalue weighted by molar-refractivity contribution is 0.295. The van der Waals surface area contributed by atoms with Gasteiger partial charge in [0.05, 0.1) is 48.7 Å². The molecule has 0 atom stereocenters. The van der Waals surface area contributed by atoms with E-state index in [9.17, 15) is 0 Å². The molecular weight excluding hydrogens is 1490 g/mol. The van der Waals surface area contributed by atoms with Gasteiger partial charge in [0.2, 0.25) is 0 Å². The number of ether oxygens (including phenoxy) is 4. The summed E-state index contributed by atoms with van der Waals surface area (Å²) in [5.74, 6) is 46.2. The Hall–Kier alpha value is -8.33. The summed E-state index contributed by atoms with van der Waals surface area (Å²) >= 11 is 0. The third kappa shape index (κ3) is 37.2. The highest BCUT2D eigenvalue weighted by Crippen LogP contribution is 2.35. The van der Waals surface area contributed by atoms with Gasteiger partial charge in [-0.3, -0.25) is 0 Å². The van der Waals surface area contributed by atoms with E-state index in [0.717, 1.165) is 160 Å². The van der Waals surface area contributed by atoms with Crippen molar-refractivity contribution in [2.24, 2.45) is 0 Å². The molecule has 5 nitrogen and oxygen atoms in total. The summed E-state index contributed by atoms with van der Waals surface area (Å²) < 4.78 is 30.1. The molecule has 7 rings (SSSR count). The Bertz CT molecular complexity index is 4530. The molecule has 622 valence electrons. The smallest absolute Gasteiger partial charge is 0.136 e. The van der Waals surface area contributed by atoms with Gasteiger partial charge < -0.3 is 23.5 Å². The average Bonchev–Trinajstić information content (AvgIpc) is 1.61. The van der Waals surface area contributed by atoms with E-state index in [1.165, 1.54) is 165 Å². The van der Waals surface area contributed by atoms with E-state index in [1.54, 1.807) is 0 Å². The van der Waals surface area contributed by atoms with Crippen LogP contribution in [0.2, 0.25) is 78.6 Å². The number of benzene rings is 6. The Labute approximate surface area is 717 Å². The van der Waals surface area contributed by atoms with E-state index < -0.39 is 32.3 Å². The molecule has 0 saturated heterocycles. The average molecular weight is 1630 g/mol. The first-order chi connectivity index (χ1) is 56.4. The van der Waals surface area contributed by atoms with Crippen LogP contribution in [0.4, 0.5) is 0 Å². The first-order valence-electron chi connectivity index (χ1n) is 45.8. The minimum Gasteiger partial charge on any atom is -0.492 e. The Morgan fingerprint density at radius 1 is 0.222 bits per heavy atom. The first kappa shape index (κ1) is 95.8. The lowest BCUT2D eigenvalue weighted by Gasteiger charge is -2.14. The van der Waals surface area contributed by atoms with Crippen LogP contribution in [0.1, 0.15) is 320 Å². The third-order valence-corrected chi connectivity index (χ3v) is 24.0. The maximum absolute atomic E-state index is 6.91. The van der Waals surface area contributed by atoms with Gasteiger partial charge in [-0.1, -0.05) is 370 Å². The van der Waals surface area contributed by atoms with Crippen LogP contribution in [-0.4, -0.2) is 63.3 Å². The largest absolute Gasteiger partial charge is 0.492 e. The number of unbranched alkanes of at least 4 members (excludes halogenated alkanes) is 29. The molecule has 0 aliphatic carbocycles. The van der Waals surface area contributed by atoms with E-state index >= 15 is 0 Å². The van der Waals surface area contributed by atoms with Gasteiger partial charge in [-0.05, 0) is 105 Å². The summed E-state index contributed by atoms with van der Waals surface area (Å²) in [5, 5.41) is 2.29. The molecule has 1 aromatic heterocycles. The van der Waals surface area contributed by atoms with Gasteiger partial charge in [0.25, 0.3) is 0 Å². The predicted octanol–water partition coefficient (Wildman–Crippen LogP) is 29.2. The summed E-state index contributed by atoms with van der Waals surface area (Å²) in [6, 6.07) is 34.5. The van der Waals surface area contributed by atoms with Gasteiger partial charge in [0.1, 0.15) is 55.3 Å². The number of rotatable bonds is 43. The van der Waals surface area contributed by atoms with Crippen LogP contribution >= 0.6 is 0 Å². The van der Waals surface area contributed by atoms with E-state index in [-0.39, 0.29) is 0 Å². The quantitative estimate of drug-likeness (QED) is 0.0217. The standard InChI is InChI=1S/C108H145NO4Si4/c1-18-23-28-32-36-40-44-48-73-110-105-87-99(64-62-95-81-91(68-77-114(6,7)8)52-58-93(95)70-79-116(12,13)14)107(112-75-50-46-42-38-34-30-25-20-3)85-97(105)60-54-89-56-66-103-101(83-89)102-84-90(57-67-104(102)109(103)72-27-22-5)55-61-98-86-108(113-76-51-47-43-39-35-31-26-21-4)100(88-106(98)111-74-49-45-41-37-33-29-24-19-2)65-63-96-82-92(69-78-115(9,10)11)53-59-94(96)71-80-117(15,16)17/h52-53,56-59,66-67,81-88H,18-51,72-76H2,1-17H3. The fourth-order valence-corrected chi connectivity index (χ4v) is 15.8. The van der Waals surface area contributed by atoms with Gasteiger partial charge in [-0.25, -0.2) is 0 Å². The van der Waals surface area contributed by atoms with Crippen LogP contribution in [0.3, 0.4) is 0 Å². The number of aromatic nitrogens is 1. The lowest BCUT2D eigenvalue weighted by atomic mass is 10.0. The highest BCUT2D eigenvalue weighted by atomic mass is 28.3. The molecule has 0 aliphatic heterocycles. The zero-order chi connectivity index (χ0) is 84.2. The SMILES string of the molecule is CCCCCCCCCCOc1cc(C#Cc2cc(C#C[Si](C)(C)C)ccc2C#C[Si](C)(C)C)c(OCCCCCCCCCC)cc1C#Cc1ccc2c(c1)c1cc(C#Cc3cc(OCCCCCCCCCC)c(C#Cc4cc(C#C[Si](C)(C)C)ccc4C#C[Si](C)(C)C)cc3OCCCCCCCCCC)ccc1n2CCCC. The van der Waals surface area contributed by atoms with Gasteiger partial charge in [0.15, 0.2) is 0 Å². The van der Waals surface area contributed by atoms with Crippen molar-refractivity contribution in [2.45, 2.75) is 338 Å². The maximum atomic E-state index is 6.91. The molecule has 9 heteroatoms. The number of aryl methyl sites for hydroxylation is 1. The molecule has 117 heavy (non-hydrogen) atoms. The molecule has 0 N–H and O–H groups in total. The predicted molar refractivity (Wildman–Crippen MR) is 517 cm³/mol. The van der Waals surface area contributed by atoms with Crippen LogP contribution in [-0.2, 0) is 6.54 Å². The lowest BCUT2D eigenvalue weighted by Crippen LogP contribution is -2.16. The van der Waals surface area contributed by atoms with Crippen LogP contribution in [0, 0.1) is 93.2 Å². The Morgan fingerprint density at radius 3 is 0.744 bits per heavy atom. The van der Waals surface area contributed by atoms with Gasteiger partial charge in [-0.15, -0.1) is 22.2 Å². The Balaban J connectivity index is 1.36. The molecule has 0 spiro atoms. The van der Waals surface area contributed by atoms with E-state index in [4.69, 9.17) is 18.9 Å². The molecule has 0 unspecified atom stereocenters. The van der Waals surface area contributed by atoms with Crippen molar-refractivity contribution in [3.8, 4) is 116 Å². The Morgan fingerprint density at radius 2 is 0.462 bits per heavy atom. The fraction of sp³-hybridized carbons (Fsp3) is 0.519. The van der Waals surface area contributed by atoms with E-state index in [2.05, 4.69) is 308 Å². The summed E-state index contributed by atoms with van der Waals surface area (Å²) in [5.41, 5.74) is 27.2. The normalized spacial score (nSPS) is 11.2. The molecule has 1 heterocycles. The zero-order valence-electron chi connectivity index (χ0n) is 75.9. The molecule has 0 amide bonds. The van der Waals surface area contributed by atoms with Crippen molar-refractivity contribution in [2.75, 3.05) is 26.4 Å². The van der Waals surface area contributed by atoms with Gasteiger partial charge >= 0.3 is 0 Å². The minimum absolute atomic E-state index is 0.584. The summed E-state index contributed by atoms with van der Waals surface area (Å²) in [4.78, 5) is 0. The molecular formula is C108H145NO4Si4. The molecule has 0 radical (unpaired) electrons. The second-order valence-corrected chi connectivity index (χ2v) is 55.5. The van der Waals surface area contributed by atoms with Crippen LogP contribution in [0.5, 0.6) is 23.0 Å². The molecule has 0 saturated carbocycles. The van der Waals surface area contributed by atoms with E-state index in [1.807, 2.05) is 0 Å². The number of hydrogen-bond donors (Lipinski definition) is 0. The number of hydrogen-bond acceptors (Lipinski definition) is 4. The van der Waals surface area contributed by atoms with Crippen molar-refractivity contribution in [1.82, 2.24) is 4.57 Å². The van der Waals surface area contributed by atoms with Crippen LogP contribution in [0.15, 0.2) is 97.1 Å². The van der Waals surface area contributed by atoms with Crippen molar-refractivity contribution < 1.29 is 18.9 Å². The van der Waals surface area contributed by atoms with Crippen molar-refractivity contribution >= 4 is 54.1 Å². The molecule has 0 bridgehead atoms. The molecule has 7 aromatic rings. The number of fused-ring (bicyclic) bond motifs is 3. The monoisotopic (exact) mass is 1630 g/mol. The highest BCUT2D eigenvalue weighted by Gasteiger charge is 2.19. The molecule has 6 aromatic carbocycles. The van der Waals surface area contributed by atoms with Crippen molar-refractivity contribution in [3.05, 3.63) is 164 Å². The highest BCUT2D eigenvalue weighted by molar-refractivity contribution is 6.85. The van der Waals surface area contributed by atoms with Crippen molar-refractivity contribution in [3.63, 3.8) is 0 Å². The summed E-state index contributed by atoms with van der Waals surface area (Å²) in [6.07, 6.45) is 41.0. The molecule has 0 fully saturated rings. The second-order valence-electron chi connectivity index (χ2n) is 36.5. The summed E-state index contributed by atoms with van der Waals surface area (Å²) in [7, 11) is -6.71. The Kier molecular flexibility index (Phi) is 42.5. The zero-order valence-corrected chi connectivity index (χ0v) is 79.9. The van der Waals surface area contributed by atoms with Crippen molar-refractivity contribution in [1.29, 1.82) is 0 Å². The second kappa shape index (κ2) is 51.9. The van der Waals surface area contributed by atoms with Crippen LogP contribution in [0.25, 0.3) is 21.8 Å². The first-order valence-corrected chi connectivity index (χ1v) is 59.8. The minimum atomic E-state index is -1.71. The fourth-order valence-electron chi connectivity index (χ4n) is 13.7. The van der Waals surface area contributed by atoms with Gasteiger partial charge in [-0.2, -0.15) is 0 Å². The molecule has 0 aliphatic rings. The summed E-state index contributed by atoms with van der Waals surface area (Å²) in [6.45, 7) is 42.0. The maximum Gasteiger partial charge on any atom is 0.136 e. The topological polar surface area (TPSA) is 41.9 Å². The van der Waals surface area contributed by atoms with Gasteiger partial charge in [0, 0.05) is 97.1 Å². The van der Waals surface area contributed by atoms with E-state index in [0.29, 0.717) is 37.9 Å². The third-order valence-electron chi connectivity index (χ3n) is 20.5.